The monoisotopic (exact) mass is 324 g/mol. The van der Waals surface area contributed by atoms with Gasteiger partial charge in [0, 0.05) is 22.2 Å². The number of anilines is 1. The highest BCUT2D eigenvalue weighted by Gasteiger charge is 2.34. The summed E-state index contributed by atoms with van der Waals surface area (Å²) >= 11 is 3.61. The molecule has 0 atom stereocenters. The molecule has 0 amide bonds. The Morgan fingerprint density at radius 2 is 2.00 bits per heavy atom. The van der Waals surface area contributed by atoms with Crippen molar-refractivity contribution in [1.29, 1.82) is 0 Å². The maximum Gasteiger partial charge on any atom is 0.0496 e. The Balaban J connectivity index is 2.02. The van der Waals surface area contributed by atoms with E-state index in [1.54, 1.807) is 0 Å². The van der Waals surface area contributed by atoms with Crippen LogP contribution in [0.3, 0.4) is 0 Å². The standard InChI is InChI=1S/C16H25BrN2/c1-2-5-13-8-10-16(12-18,11-9-13)19-15-7-4-3-6-14(15)17/h3-4,6-7,13,19H,2,5,8-12,18H2,1H3. The minimum absolute atomic E-state index is 0.0914. The van der Waals surface area contributed by atoms with Crippen LogP contribution < -0.4 is 11.1 Å². The van der Waals surface area contributed by atoms with E-state index in [9.17, 15) is 0 Å². The van der Waals surface area contributed by atoms with Gasteiger partial charge in [0.05, 0.1) is 0 Å². The number of hydrogen-bond donors (Lipinski definition) is 2. The van der Waals surface area contributed by atoms with Gasteiger partial charge in [0.1, 0.15) is 0 Å². The van der Waals surface area contributed by atoms with Gasteiger partial charge in [0.25, 0.3) is 0 Å². The number of para-hydroxylation sites is 1. The lowest BCUT2D eigenvalue weighted by atomic mass is 9.75. The van der Waals surface area contributed by atoms with Gasteiger partial charge in [0.2, 0.25) is 0 Å². The molecule has 0 spiro atoms. The van der Waals surface area contributed by atoms with Crippen LogP contribution in [0.15, 0.2) is 28.7 Å². The smallest absolute Gasteiger partial charge is 0.0496 e. The van der Waals surface area contributed by atoms with Crippen LogP contribution in [0, 0.1) is 5.92 Å². The van der Waals surface area contributed by atoms with Gasteiger partial charge in [-0.15, -0.1) is 0 Å². The van der Waals surface area contributed by atoms with Crippen LogP contribution in [0.2, 0.25) is 0 Å². The summed E-state index contributed by atoms with van der Waals surface area (Å²) in [5, 5.41) is 3.70. The molecule has 0 heterocycles. The number of nitrogens with one attached hydrogen (secondary N) is 1. The molecule has 2 nitrogen and oxygen atoms in total. The van der Waals surface area contributed by atoms with E-state index < -0.39 is 0 Å². The van der Waals surface area contributed by atoms with Gasteiger partial charge >= 0.3 is 0 Å². The first kappa shape index (κ1) is 14.9. The number of rotatable bonds is 5. The first-order chi connectivity index (χ1) is 9.19. The third-order valence-electron chi connectivity index (χ3n) is 4.42. The fourth-order valence-electron chi connectivity index (χ4n) is 3.16. The van der Waals surface area contributed by atoms with E-state index in [1.165, 1.54) is 44.2 Å². The van der Waals surface area contributed by atoms with Crippen molar-refractivity contribution in [2.24, 2.45) is 11.7 Å². The third kappa shape index (κ3) is 3.73. The van der Waals surface area contributed by atoms with E-state index in [-0.39, 0.29) is 5.54 Å². The predicted octanol–water partition coefficient (Wildman–Crippen LogP) is 4.55. The lowest BCUT2D eigenvalue weighted by molar-refractivity contribution is 0.247. The zero-order valence-electron chi connectivity index (χ0n) is 11.8. The lowest BCUT2D eigenvalue weighted by Crippen LogP contribution is -2.48. The van der Waals surface area contributed by atoms with E-state index >= 15 is 0 Å². The maximum absolute atomic E-state index is 6.08. The zero-order valence-corrected chi connectivity index (χ0v) is 13.4. The van der Waals surface area contributed by atoms with Crippen molar-refractivity contribution in [3.05, 3.63) is 28.7 Å². The molecule has 106 valence electrons. The van der Waals surface area contributed by atoms with Gasteiger partial charge in [-0.25, -0.2) is 0 Å². The number of nitrogens with two attached hydrogens (primary N) is 1. The van der Waals surface area contributed by atoms with Crippen molar-refractivity contribution in [2.45, 2.75) is 51.0 Å². The Kier molecular flexibility index (Phi) is 5.28. The van der Waals surface area contributed by atoms with Gasteiger partial charge in [0.15, 0.2) is 0 Å². The summed E-state index contributed by atoms with van der Waals surface area (Å²) in [5.41, 5.74) is 7.34. The third-order valence-corrected chi connectivity index (χ3v) is 5.12. The van der Waals surface area contributed by atoms with Crippen molar-refractivity contribution in [2.75, 3.05) is 11.9 Å². The van der Waals surface area contributed by atoms with E-state index in [0.29, 0.717) is 6.54 Å². The summed E-state index contributed by atoms with van der Waals surface area (Å²) in [7, 11) is 0. The van der Waals surface area contributed by atoms with Gasteiger partial charge in [-0.3, -0.25) is 0 Å². The Morgan fingerprint density at radius 1 is 1.32 bits per heavy atom. The average Bonchev–Trinajstić information content (AvgIpc) is 2.44. The van der Waals surface area contributed by atoms with Crippen LogP contribution in [0.5, 0.6) is 0 Å². The number of benzene rings is 1. The van der Waals surface area contributed by atoms with Crippen LogP contribution >= 0.6 is 15.9 Å². The number of hydrogen-bond acceptors (Lipinski definition) is 2. The van der Waals surface area contributed by atoms with Gasteiger partial charge in [-0.05, 0) is 59.7 Å². The Hall–Kier alpha value is -0.540. The summed E-state index contributed by atoms with van der Waals surface area (Å²) in [5.74, 6) is 0.908. The molecular weight excluding hydrogens is 300 g/mol. The molecule has 1 aromatic rings. The van der Waals surface area contributed by atoms with Gasteiger partial charge < -0.3 is 11.1 Å². The molecule has 19 heavy (non-hydrogen) atoms. The van der Waals surface area contributed by atoms with Crippen molar-refractivity contribution >= 4 is 21.6 Å². The van der Waals surface area contributed by atoms with Crippen molar-refractivity contribution in [3.63, 3.8) is 0 Å². The first-order valence-corrected chi connectivity index (χ1v) is 8.21. The zero-order chi connectivity index (χ0) is 13.7. The summed E-state index contributed by atoms with van der Waals surface area (Å²) in [6, 6.07) is 8.32. The largest absolute Gasteiger partial charge is 0.377 e. The second kappa shape index (κ2) is 6.76. The molecule has 0 unspecified atom stereocenters. The maximum atomic E-state index is 6.08. The van der Waals surface area contributed by atoms with E-state index in [4.69, 9.17) is 5.73 Å². The van der Waals surface area contributed by atoms with Crippen molar-refractivity contribution < 1.29 is 0 Å². The van der Waals surface area contributed by atoms with Crippen molar-refractivity contribution in [3.8, 4) is 0 Å². The minimum Gasteiger partial charge on any atom is -0.377 e. The summed E-state index contributed by atoms with van der Waals surface area (Å²) < 4.78 is 1.12. The molecule has 0 aromatic heterocycles. The molecule has 1 fully saturated rings. The highest BCUT2D eigenvalue weighted by atomic mass is 79.9. The molecule has 1 aromatic carbocycles. The molecule has 0 saturated heterocycles. The van der Waals surface area contributed by atoms with Crippen LogP contribution in [0.4, 0.5) is 5.69 Å². The summed E-state index contributed by atoms with van der Waals surface area (Å²) in [6.07, 6.45) is 7.67. The lowest BCUT2D eigenvalue weighted by Gasteiger charge is -2.41. The van der Waals surface area contributed by atoms with Crippen molar-refractivity contribution in [1.82, 2.24) is 0 Å². The van der Waals surface area contributed by atoms with Gasteiger partial charge in [-0.1, -0.05) is 31.9 Å². The molecule has 0 bridgehead atoms. The van der Waals surface area contributed by atoms with E-state index in [0.717, 1.165) is 10.4 Å². The molecule has 1 aliphatic carbocycles. The normalized spacial score (nSPS) is 27.2. The highest BCUT2D eigenvalue weighted by molar-refractivity contribution is 9.10. The van der Waals surface area contributed by atoms with E-state index in [1.807, 2.05) is 6.07 Å². The minimum atomic E-state index is 0.0914. The molecule has 1 saturated carbocycles. The van der Waals surface area contributed by atoms with E-state index in [2.05, 4.69) is 46.4 Å². The SMILES string of the molecule is CCCC1CCC(CN)(Nc2ccccc2Br)CC1. The summed E-state index contributed by atoms with van der Waals surface area (Å²) in [6.45, 7) is 3.00. The Morgan fingerprint density at radius 3 is 2.58 bits per heavy atom. The Labute approximate surface area is 125 Å². The Bertz CT molecular complexity index is 397. The van der Waals surface area contributed by atoms with Gasteiger partial charge in [-0.2, -0.15) is 0 Å². The molecule has 1 aliphatic rings. The summed E-state index contributed by atoms with van der Waals surface area (Å²) in [4.78, 5) is 0. The highest BCUT2D eigenvalue weighted by Crippen LogP contribution is 2.37. The molecule has 3 heteroatoms. The van der Waals surface area contributed by atoms with Crippen LogP contribution in [0.1, 0.15) is 45.4 Å². The molecule has 0 radical (unpaired) electrons. The number of halogens is 1. The fourth-order valence-corrected chi connectivity index (χ4v) is 3.54. The molecular formula is C16H25BrN2. The fraction of sp³-hybridized carbons (Fsp3) is 0.625. The molecule has 0 aliphatic heterocycles. The second-order valence-corrected chi connectivity index (χ2v) is 6.68. The average molecular weight is 325 g/mol. The quantitative estimate of drug-likeness (QED) is 0.833. The van der Waals surface area contributed by atoms with Crippen LogP contribution in [-0.2, 0) is 0 Å². The molecule has 2 rings (SSSR count). The predicted molar refractivity (Wildman–Crippen MR) is 86.4 cm³/mol. The topological polar surface area (TPSA) is 38.0 Å². The molecule has 3 N–H and O–H groups in total. The second-order valence-electron chi connectivity index (χ2n) is 5.82. The first-order valence-electron chi connectivity index (χ1n) is 7.42. The van der Waals surface area contributed by atoms with Crippen LogP contribution in [-0.4, -0.2) is 12.1 Å². The van der Waals surface area contributed by atoms with Crippen LogP contribution in [0.25, 0.3) is 0 Å².